The molecule has 0 unspecified atom stereocenters. The lowest BCUT2D eigenvalue weighted by atomic mass is 10.3. The summed E-state index contributed by atoms with van der Waals surface area (Å²) in [5.41, 5.74) is 0.650. The molecular formula is C12H15N3O2S. The fourth-order valence-corrected chi connectivity index (χ4v) is 2.50. The maximum atomic E-state index is 11.8. The van der Waals surface area contributed by atoms with E-state index >= 15 is 0 Å². The molecule has 2 aromatic heterocycles. The Balaban J connectivity index is 2.24. The lowest BCUT2D eigenvalue weighted by Crippen LogP contribution is -2.28. The summed E-state index contributed by atoms with van der Waals surface area (Å²) < 4.78 is 1.53. The molecule has 0 aliphatic rings. The van der Waals surface area contributed by atoms with Crippen LogP contribution in [-0.2, 0) is 6.54 Å². The molecule has 0 radical (unpaired) electrons. The first kappa shape index (κ1) is 12.9. The molecule has 0 spiro atoms. The van der Waals surface area contributed by atoms with Crippen molar-refractivity contribution in [1.82, 2.24) is 14.3 Å². The van der Waals surface area contributed by atoms with Gasteiger partial charge in [-0.1, -0.05) is 6.08 Å². The van der Waals surface area contributed by atoms with Crippen LogP contribution in [0.4, 0.5) is 0 Å². The Morgan fingerprint density at radius 3 is 3.17 bits per heavy atom. The second-order valence-electron chi connectivity index (χ2n) is 3.89. The fourth-order valence-electron chi connectivity index (χ4n) is 1.76. The number of hydrogen-bond donors (Lipinski definition) is 1. The van der Waals surface area contributed by atoms with Crippen molar-refractivity contribution in [3.63, 3.8) is 0 Å². The maximum absolute atomic E-state index is 11.8. The Morgan fingerprint density at radius 2 is 2.44 bits per heavy atom. The van der Waals surface area contributed by atoms with Gasteiger partial charge in [-0.15, -0.1) is 17.9 Å². The minimum atomic E-state index is -0.0706. The summed E-state index contributed by atoms with van der Waals surface area (Å²) in [4.78, 5) is 18.9. The largest absolute Gasteiger partial charge is 0.395 e. The van der Waals surface area contributed by atoms with Gasteiger partial charge in [-0.3, -0.25) is 14.1 Å². The number of hydrogen-bond acceptors (Lipinski definition) is 5. The Bertz CT molecular complexity index is 590. The summed E-state index contributed by atoms with van der Waals surface area (Å²) in [6, 6.07) is 1.53. The minimum Gasteiger partial charge on any atom is -0.395 e. The molecule has 0 aromatic carbocycles. The number of thiazole rings is 1. The highest BCUT2D eigenvalue weighted by Gasteiger charge is 2.08. The average Bonchev–Trinajstić information content (AvgIpc) is 2.78. The summed E-state index contributed by atoms with van der Waals surface area (Å²) in [7, 11) is 0. The van der Waals surface area contributed by atoms with Gasteiger partial charge in [0.15, 0.2) is 4.96 Å². The number of nitrogens with zero attached hydrogens (tertiary/aromatic N) is 3. The molecule has 2 rings (SSSR count). The van der Waals surface area contributed by atoms with E-state index in [9.17, 15) is 4.79 Å². The summed E-state index contributed by atoms with van der Waals surface area (Å²) in [5.74, 6) is 0. The van der Waals surface area contributed by atoms with E-state index in [-0.39, 0.29) is 12.2 Å². The van der Waals surface area contributed by atoms with E-state index in [2.05, 4.69) is 11.6 Å². The lowest BCUT2D eigenvalue weighted by Gasteiger charge is -2.18. The van der Waals surface area contributed by atoms with Crippen LogP contribution in [0.15, 0.2) is 35.1 Å². The fraction of sp³-hybridized carbons (Fsp3) is 0.333. The smallest absolute Gasteiger partial charge is 0.258 e. The van der Waals surface area contributed by atoms with Crippen LogP contribution in [-0.4, -0.2) is 39.1 Å². The normalized spacial score (nSPS) is 11.2. The third-order valence-electron chi connectivity index (χ3n) is 2.55. The SMILES string of the molecule is C=CCN(CCO)Cc1cc(=O)n2ccsc2n1. The predicted molar refractivity (Wildman–Crippen MR) is 71.9 cm³/mol. The molecule has 2 aromatic rings. The number of aliphatic hydroxyl groups is 1. The quantitative estimate of drug-likeness (QED) is 0.783. The molecule has 0 saturated carbocycles. The first-order valence-electron chi connectivity index (χ1n) is 5.64. The molecule has 0 saturated heterocycles. The van der Waals surface area contributed by atoms with E-state index in [4.69, 9.17) is 5.11 Å². The van der Waals surface area contributed by atoms with Gasteiger partial charge in [-0.05, 0) is 0 Å². The van der Waals surface area contributed by atoms with Crippen LogP contribution in [0.2, 0.25) is 0 Å². The minimum absolute atomic E-state index is 0.0706. The molecule has 1 N–H and O–H groups in total. The first-order chi connectivity index (χ1) is 8.74. The second kappa shape index (κ2) is 5.90. The van der Waals surface area contributed by atoms with E-state index in [0.29, 0.717) is 24.6 Å². The lowest BCUT2D eigenvalue weighted by molar-refractivity contribution is 0.202. The van der Waals surface area contributed by atoms with Crippen LogP contribution in [0.1, 0.15) is 5.69 Å². The average molecular weight is 265 g/mol. The van der Waals surface area contributed by atoms with Gasteiger partial charge in [-0.2, -0.15) is 0 Å². The maximum Gasteiger partial charge on any atom is 0.258 e. The molecule has 0 atom stereocenters. The molecule has 0 amide bonds. The Kier molecular flexibility index (Phi) is 4.24. The van der Waals surface area contributed by atoms with Gasteiger partial charge >= 0.3 is 0 Å². The van der Waals surface area contributed by atoms with Crippen LogP contribution < -0.4 is 5.56 Å². The summed E-state index contributed by atoms with van der Waals surface area (Å²) in [5, 5.41) is 10.8. The molecule has 96 valence electrons. The van der Waals surface area contributed by atoms with E-state index < -0.39 is 0 Å². The summed E-state index contributed by atoms with van der Waals surface area (Å²) in [6.45, 7) is 5.49. The van der Waals surface area contributed by atoms with Crippen LogP contribution >= 0.6 is 11.3 Å². The molecule has 6 heteroatoms. The van der Waals surface area contributed by atoms with Crippen molar-refractivity contribution in [3.8, 4) is 0 Å². The Morgan fingerprint density at radius 1 is 1.61 bits per heavy atom. The highest BCUT2D eigenvalue weighted by atomic mass is 32.1. The zero-order valence-corrected chi connectivity index (χ0v) is 10.8. The van der Waals surface area contributed by atoms with Crippen molar-refractivity contribution < 1.29 is 5.11 Å². The van der Waals surface area contributed by atoms with E-state index in [1.807, 2.05) is 10.3 Å². The van der Waals surface area contributed by atoms with Crippen LogP contribution in [0.25, 0.3) is 4.96 Å². The van der Waals surface area contributed by atoms with Gasteiger partial charge in [0.25, 0.3) is 5.56 Å². The van der Waals surface area contributed by atoms with Crippen molar-refractivity contribution in [1.29, 1.82) is 0 Å². The van der Waals surface area contributed by atoms with Crippen LogP contribution in [0.3, 0.4) is 0 Å². The van der Waals surface area contributed by atoms with Gasteiger partial charge in [0, 0.05) is 37.3 Å². The van der Waals surface area contributed by atoms with E-state index in [1.165, 1.54) is 21.8 Å². The Labute approximate surface area is 109 Å². The molecule has 0 aliphatic carbocycles. The molecule has 0 fully saturated rings. The van der Waals surface area contributed by atoms with Gasteiger partial charge < -0.3 is 5.11 Å². The molecule has 0 bridgehead atoms. The molecule has 0 aliphatic heterocycles. The number of aromatic nitrogens is 2. The monoisotopic (exact) mass is 265 g/mol. The third-order valence-corrected chi connectivity index (χ3v) is 3.30. The predicted octanol–water partition coefficient (Wildman–Crippen LogP) is 0.736. The van der Waals surface area contributed by atoms with E-state index in [1.54, 1.807) is 12.3 Å². The van der Waals surface area contributed by atoms with Crippen molar-refractivity contribution in [2.45, 2.75) is 6.54 Å². The van der Waals surface area contributed by atoms with Gasteiger partial charge in [-0.25, -0.2) is 4.98 Å². The van der Waals surface area contributed by atoms with E-state index in [0.717, 1.165) is 5.69 Å². The number of aliphatic hydroxyl groups excluding tert-OH is 1. The highest BCUT2D eigenvalue weighted by Crippen LogP contribution is 2.08. The second-order valence-corrected chi connectivity index (χ2v) is 4.76. The molecule has 2 heterocycles. The van der Waals surface area contributed by atoms with Gasteiger partial charge in [0.2, 0.25) is 0 Å². The molecule has 18 heavy (non-hydrogen) atoms. The Hall–Kier alpha value is -1.50. The van der Waals surface area contributed by atoms with Crippen LogP contribution in [0.5, 0.6) is 0 Å². The standard InChI is InChI=1S/C12H15N3O2S/c1-2-3-14(4-6-16)9-10-8-11(17)15-5-7-18-12(15)13-10/h2,5,7-8,16H,1,3-4,6,9H2. The first-order valence-corrected chi connectivity index (χ1v) is 6.52. The van der Waals surface area contributed by atoms with Crippen molar-refractivity contribution in [3.05, 3.63) is 46.3 Å². The molecular weight excluding hydrogens is 250 g/mol. The highest BCUT2D eigenvalue weighted by molar-refractivity contribution is 7.15. The van der Waals surface area contributed by atoms with Gasteiger partial charge in [0.1, 0.15) is 0 Å². The van der Waals surface area contributed by atoms with Crippen molar-refractivity contribution in [2.75, 3.05) is 19.7 Å². The number of fused-ring (bicyclic) bond motifs is 1. The topological polar surface area (TPSA) is 57.8 Å². The third kappa shape index (κ3) is 2.84. The number of rotatable bonds is 6. The zero-order valence-electron chi connectivity index (χ0n) is 9.95. The summed E-state index contributed by atoms with van der Waals surface area (Å²) >= 11 is 1.43. The molecule has 5 nitrogen and oxygen atoms in total. The van der Waals surface area contributed by atoms with Crippen molar-refractivity contribution >= 4 is 16.3 Å². The summed E-state index contributed by atoms with van der Waals surface area (Å²) in [6.07, 6.45) is 3.49. The van der Waals surface area contributed by atoms with Crippen molar-refractivity contribution in [2.24, 2.45) is 0 Å². The zero-order chi connectivity index (χ0) is 13.0. The van der Waals surface area contributed by atoms with Crippen LogP contribution in [0, 0.1) is 0 Å². The van der Waals surface area contributed by atoms with Gasteiger partial charge in [0.05, 0.1) is 12.3 Å².